The monoisotopic (exact) mass is 361 g/mol. The van der Waals surface area contributed by atoms with E-state index < -0.39 is 0 Å². The maximum atomic E-state index is 12.4. The van der Waals surface area contributed by atoms with E-state index in [4.69, 9.17) is 17.3 Å². The van der Waals surface area contributed by atoms with Crippen LogP contribution in [0.3, 0.4) is 0 Å². The van der Waals surface area contributed by atoms with Gasteiger partial charge in [-0.2, -0.15) is 9.97 Å². The number of hydrogen-bond donors (Lipinski definition) is 3. The molecule has 0 saturated heterocycles. The minimum absolute atomic E-state index is 0.241. The van der Waals surface area contributed by atoms with Gasteiger partial charge in [-0.1, -0.05) is 31.0 Å². The molecular weight excluding hydrogens is 342 g/mol. The first-order chi connectivity index (χ1) is 12.0. The van der Waals surface area contributed by atoms with Crippen molar-refractivity contribution in [1.82, 2.24) is 24.5 Å². The first kappa shape index (κ1) is 17.2. The maximum Gasteiger partial charge on any atom is 0.328 e. The Morgan fingerprint density at radius 2 is 2.12 bits per heavy atom. The summed E-state index contributed by atoms with van der Waals surface area (Å²) in [7, 11) is 0. The van der Waals surface area contributed by atoms with Crippen LogP contribution in [0.5, 0.6) is 0 Å². The number of aromatic nitrogens is 5. The summed E-state index contributed by atoms with van der Waals surface area (Å²) < 4.78 is 1.52. The number of unbranched alkanes of at least 4 members (excludes halogenated alkanes) is 1. The van der Waals surface area contributed by atoms with E-state index in [2.05, 4.69) is 32.2 Å². The third kappa shape index (κ3) is 3.58. The summed E-state index contributed by atoms with van der Waals surface area (Å²) in [6.07, 6.45) is 2.05. The van der Waals surface area contributed by atoms with E-state index in [0.717, 1.165) is 30.6 Å². The van der Waals surface area contributed by atoms with Crippen molar-refractivity contribution in [1.29, 1.82) is 0 Å². The molecule has 0 aliphatic carbocycles. The minimum atomic E-state index is -0.295. The first-order valence-corrected chi connectivity index (χ1v) is 8.49. The molecule has 3 aromatic rings. The Bertz CT molecular complexity index is 963. The highest BCUT2D eigenvalue weighted by Gasteiger charge is 2.15. The predicted molar refractivity (Wildman–Crippen MR) is 99.0 cm³/mol. The zero-order valence-corrected chi connectivity index (χ0v) is 14.9. The molecule has 25 heavy (non-hydrogen) atoms. The number of hydrogen-bond acceptors (Lipinski definition) is 6. The molecule has 0 saturated carbocycles. The van der Waals surface area contributed by atoms with Crippen LogP contribution < -0.4 is 16.7 Å². The normalized spacial score (nSPS) is 11.2. The van der Waals surface area contributed by atoms with E-state index in [0.29, 0.717) is 28.8 Å². The molecule has 0 spiro atoms. The van der Waals surface area contributed by atoms with E-state index in [1.807, 2.05) is 13.0 Å². The van der Waals surface area contributed by atoms with Gasteiger partial charge in [0.2, 0.25) is 5.95 Å². The highest BCUT2D eigenvalue weighted by molar-refractivity contribution is 6.29. The third-order valence-corrected chi connectivity index (χ3v) is 4.16. The number of nitrogen functional groups attached to an aromatic ring is 1. The summed E-state index contributed by atoms with van der Waals surface area (Å²) in [6, 6.07) is 3.55. The van der Waals surface area contributed by atoms with Crippen LogP contribution in [0.1, 0.15) is 31.0 Å². The fourth-order valence-corrected chi connectivity index (χ4v) is 2.74. The second kappa shape index (κ2) is 7.10. The van der Waals surface area contributed by atoms with Crippen LogP contribution in [-0.2, 0) is 6.54 Å². The van der Waals surface area contributed by atoms with Gasteiger partial charge in [-0.05, 0) is 25.0 Å². The van der Waals surface area contributed by atoms with Crippen LogP contribution in [0.25, 0.3) is 11.2 Å². The summed E-state index contributed by atoms with van der Waals surface area (Å²) >= 11 is 5.90. The second-order valence-electron chi connectivity index (χ2n) is 5.81. The Morgan fingerprint density at radius 3 is 2.84 bits per heavy atom. The fourth-order valence-electron chi connectivity index (χ4n) is 2.55. The summed E-state index contributed by atoms with van der Waals surface area (Å²) in [6.45, 7) is 5.02. The Kier molecular flexibility index (Phi) is 4.89. The molecule has 8 nitrogen and oxygen atoms in total. The largest absolute Gasteiger partial charge is 0.382 e. The SMILES string of the molecule is CCCCNc1nc(N)c2[nH]c(=O)n(Cc3ccc(Cl)nc3C)c2n1. The highest BCUT2D eigenvalue weighted by Crippen LogP contribution is 2.18. The Hall–Kier alpha value is -2.61. The Morgan fingerprint density at radius 1 is 1.32 bits per heavy atom. The molecule has 0 amide bonds. The van der Waals surface area contributed by atoms with Gasteiger partial charge in [0.25, 0.3) is 0 Å². The van der Waals surface area contributed by atoms with E-state index in [1.165, 1.54) is 4.57 Å². The predicted octanol–water partition coefficient (Wildman–Crippen LogP) is 2.32. The van der Waals surface area contributed by atoms with Crippen LogP contribution in [0.15, 0.2) is 16.9 Å². The number of halogens is 1. The van der Waals surface area contributed by atoms with E-state index in [-0.39, 0.29) is 11.5 Å². The molecule has 0 unspecified atom stereocenters. The van der Waals surface area contributed by atoms with Gasteiger partial charge in [0.1, 0.15) is 10.7 Å². The van der Waals surface area contributed by atoms with Gasteiger partial charge in [-0.3, -0.25) is 4.57 Å². The molecule has 3 heterocycles. The molecule has 9 heteroatoms. The molecule has 0 bridgehead atoms. The number of nitrogens with zero attached hydrogens (tertiary/aromatic N) is 4. The van der Waals surface area contributed by atoms with E-state index in [9.17, 15) is 4.79 Å². The summed E-state index contributed by atoms with van der Waals surface area (Å²) in [4.78, 5) is 28.0. The lowest BCUT2D eigenvalue weighted by Crippen LogP contribution is -2.18. The molecule has 4 N–H and O–H groups in total. The number of pyridine rings is 1. The van der Waals surface area contributed by atoms with Crippen molar-refractivity contribution in [3.05, 3.63) is 39.0 Å². The van der Waals surface area contributed by atoms with Crippen molar-refractivity contribution in [3.63, 3.8) is 0 Å². The summed E-state index contributed by atoms with van der Waals surface area (Å²) in [5, 5.41) is 3.55. The standard InChI is InChI=1S/C16H20ClN7O/c1-3-4-7-19-15-22-13(18)12-14(23-15)24(16(25)21-12)8-10-5-6-11(17)20-9(10)2/h5-6H,3-4,7-8H2,1-2H3,(H,21,25)(H3,18,19,22,23). The number of fused-ring (bicyclic) bond motifs is 1. The third-order valence-electron chi connectivity index (χ3n) is 3.95. The lowest BCUT2D eigenvalue weighted by molar-refractivity contribution is 0.767. The van der Waals surface area contributed by atoms with Crippen molar-refractivity contribution in [3.8, 4) is 0 Å². The number of rotatable bonds is 6. The van der Waals surface area contributed by atoms with E-state index >= 15 is 0 Å². The topological polar surface area (TPSA) is 115 Å². The second-order valence-corrected chi connectivity index (χ2v) is 6.19. The van der Waals surface area contributed by atoms with Gasteiger partial charge in [-0.25, -0.2) is 9.78 Å². The highest BCUT2D eigenvalue weighted by atomic mass is 35.5. The van der Waals surface area contributed by atoms with Gasteiger partial charge in [0.15, 0.2) is 11.5 Å². The molecule has 0 fully saturated rings. The smallest absolute Gasteiger partial charge is 0.328 e. The number of H-pyrrole nitrogens is 1. The average Bonchev–Trinajstić information content (AvgIpc) is 2.87. The number of nitrogens with one attached hydrogen (secondary N) is 2. The van der Waals surface area contributed by atoms with Gasteiger partial charge >= 0.3 is 5.69 Å². The van der Waals surface area contributed by atoms with Crippen LogP contribution in [0.4, 0.5) is 11.8 Å². The van der Waals surface area contributed by atoms with Crippen LogP contribution in [0.2, 0.25) is 5.15 Å². The maximum absolute atomic E-state index is 12.4. The van der Waals surface area contributed by atoms with E-state index in [1.54, 1.807) is 6.07 Å². The van der Waals surface area contributed by atoms with Crippen molar-refractivity contribution >= 4 is 34.5 Å². The fraction of sp³-hybridized carbons (Fsp3) is 0.375. The number of nitrogens with two attached hydrogens (primary N) is 1. The van der Waals surface area contributed by atoms with Gasteiger partial charge in [0, 0.05) is 12.2 Å². The molecule has 3 aromatic heterocycles. The summed E-state index contributed by atoms with van der Waals surface area (Å²) in [5.41, 5.74) is 8.23. The molecule has 0 atom stereocenters. The zero-order valence-electron chi connectivity index (χ0n) is 14.1. The lowest BCUT2D eigenvalue weighted by atomic mass is 10.2. The number of anilines is 2. The quantitative estimate of drug-likeness (QED) is 0.458. The minimum Gasteiger partial charge on any atom is -0.382 e. The number of imidazole rings is 1. The Labute approximate surface area is 149 Å². The average molecular weight is 362 g/mol. The van der Waals surface area contributed by atoms with Crippen molar-refractivity contribution in [2.24, 2.45) is 0 Å². The van der Waals surface area contributed by atoms with Crippen LogP contribution in [0, 0.1) is 6.92 Å². The molecule has 0 aromatic carbocycles. The first-order valence-electron chi connectivity index (χ1n) is 8.11. The van der Waals surface area contributed by atoms with Crippen molar-refractivity contribution in [2.45, 2.75) is 33.2 Å². The van der Waals surface area contributed by atoms with Crippen molar-refractivity contribution in [2.75, 3.05) is 17.6 Å². The Balaban J connectivity index is 2.02. The summed E-state index contributed by atoms with van der Waals surface area (Å²) in [5.74, 6) is 0.656. The van der Waals surface area contributed by atoms with Crippen molar-refractivity contribution < 1.29 is 0 Å². The molecule has 0 aliphatic rings. The van der Waals surface area contributed by atoms with Crippen LogP contribution in [-0.4, -0.2) is 31.0 Å². The lowest BCUT2D eigenvalue weighted by Gasteiger charge is -2.08. The molecular formula is C16H20ClN7O. The van der Waals surface area contributed by atoms with Crippen LogP contribution >= 0.6 is 11.6 Å². The molecule has 0 radical (unpaired) electrons. The van der Waals surface area contributed by atoms with Gasteiger partial charge in [-0.15, -0.1) is 0 Å². The van der Waals surface area contributed by atoms with Gasteiger partial charge in [0.05, 0.1) is 6.54 Å². The zero-order chi connectivity index (χ0) is 18.0. The molecule has 3 rings (SSSR count). The van der Waals surface area contributed by atoms with Gasteiger partial charge < -0.3 is 16.0 Å². The number of aryl methyl sites for hydroxylation is 1. The number of aromatic amines is 1. The molecule has 0 aliphatic heterocycles. The molecule has 132 valence electrons.